The van der Waals surface area contributed by atoms with Crippen molar-refractivity contribution in [2.24, 2.45) is 0 Å². The van der Waals surface area contributed by atoms with Crippen LogP contribution < -0.4 is 0 Å². The van der Waals surface area contributed by atoms with Gasteiger partial charge in [0.25, 0.3) is 0 Å². The van der Waals surface area contributed by atoms with Gasteiger partial charge in [-0.3, -0.25) is 0 Å². The summed E-state index contributed by atoms with van der Waals surface area (Å²) in [5.41, 5.74) is 0. The first kappa shape index (κ1) is 30.2. The van der Waals surface area contributed by atoms with E-state index in [1.807, 2.05) is 0 Å². The average Bonchev–Trinajstić information content (AvgIpc) is 3.40. The molecule has 18 nitrogen and oxygen atoms in total. The van der Waals surface area contributed by atoms with E-state index in [9.17, 15) is 14.4 Å². The van der Waals surface area contributed by atoms with Crippen molar-refractivity contribution >= 4 is 17.9 Å². The molecule has 12 N–H and O–H groups in total. The highest BCUT2D eigenvalue weighted by Gasteiger charge is 2.40. The lowest BCUT2D eigenvalue weighted by molar-refractivity contribution is -0.148. The van der Waals surface area contributed by atoms with E-state index in [0.717, 1.165) is 0 Å². The summed E-state index contributed by atoms with van der Waals surface area (Å²) in [5.74, 6) is -8.34. The molecular weight excluding hydrogens is 504 g/mol. The summed E-state index contributed by atoms with van der Waals surface area (Å²) in [7, 11) is 0. The van der Waals surface area contributed by atoms with E-state index in [4.69, 9.17) is 61.3 Å². The molecule has 0 aromatic carbocycles. The van der Waals surface area contributed by atoms with Crippen LogP contribution in [0.2, 0.25) is 0 Å². The molecule has 0 bridgehead atoms. The molecule has 18 heteroatoms. The van der Waals surface area contributed by atoms with E-state index in [0.29, 0.717) is 0 Å². The zero-order valence-electron chi connectivity index (χ0n) is 17.9. The van der Waals surface area contributed by atoms with Crippen LogP contribution in [-0.2, 0) is 28.6 Å². The molecule has 0 amide bonds. The van der Waals surface area contributed by atoms with Crippen molar-refractivity contribution in [3.8, 4) is 0 Å². The summed E-state index contributed by atoms with van der Waals surface area (Å²) < 4.78 is 12.9. The zero-order valence-corrected chi connectivity index (χ0v) is 17.9. The van der Waals surface area contributed by atoms with E-state index >= 15 is 0 Å². The minimum Gasteiger partial charge on any atom is -0.505 e. The fourth-order valence-electron chi connectivity index (χ4n) is 2.47. The largest absolute Gasteiger partial charge is 0.505 e. The molecule has 0 unspecified atom stereocenters. The molecule has 3 heterocycles. The molecule has 0 aromatic rings. The van der Waals surface area contributed by atoms with E-state index in [2.05, 4.69) is 14.2 Å². The molecule has 0 saturated carbocycles. The first-order chi connectivity index (χ1) is 16.7. The molecule has 0 saturated heterocycles. The Hall–Kier alpha value is -3.81. The number of aliphatic hydroxyl groups is 12. The van der Waals surface area contributed by atoms with Gasteiger partial charge in [0.05, 0.1) is 19.8 Å². The van der Waals surface area contributed by atoms with Crippen molar-refractivity contribution in [2.75, 3.05) is 19.8 Å². The van der Waals surface area contributed by atoms with Crippen LogP contribution in [0.15, 0.2) is 34.6 Å². The van der Waals surface area contributed by atoms with Crippen molar-refractivity contribution in [1.82, 2.24) is 0 Å². The number of aliphatic hydroxyl groups excluding tert-OH is 12. The third-order valence-corrected chi connectivity index (χ3v) is 4.43. The number of hydrogen-bond acceptors (Lipinski definition) is 18. The van der Waals surface area contributed by atoms with Crippen molar-refractivity contribution in [2.45, 2.75) is 36.6 Å². The van der Waals surface area contributed by atoms with Gasteiger partial charge in [-0.1, -0.05) is 0 Å². The summed E-state index contributed by atoms with van der Waals surface area (Å²) in [5, 5.41) is 105. The number of hydrogen-bond donors (Lipinski definition) is 12. The van der Waals surface area contributed by atoms with Crippen LogP contribution in [0.25, 0.3) is 0 Å². The molecular formula is C18H24O18. The third kappa shape index (κ3) is 6.65. The van der Waals surface area contributed by atoms with Gasteiger partial charge in [0, 0.05) is 0 Å². The minimum atomic E-state index is -1.42. The molecule has 0 aliphatic carbocycles. The molecule has 3 aliphatic rings. The summed E-state index contributed by atoms with van der Waals surface area (Å²) in [6.45, 7) is -2.01. The molecule has 0 fully saturated rings. The van der Waals surface area contributed by atoms with Gasteiger partial charge in [-0.05, 0) is 0 Å². The SMILES string of the molecule is O=C1O[C@H]([C@@H](O)CO)C(O)=C1O.O=C1O[C@H]([C@@H](O)CO)C(O)=C1O.O=C1O[C@H]([C@@H](O)CO)C(O)=C1O. The Morgan fingerprint density at radius 2 is 0.694 bits per heavy atom. The predicted octanol–water partition coefficient (Wildman–Crippen LogP) is -4.22. The van der Waals surface area contributed by atoms with Gasteiger partial charge in [0.1, 0.15) is 18.3 Å². The molecule has 3 rings (SSSR count). The van der Waals surface area contributed by atoms with Gasteiger partial charge in [-0.2, -0.15) is 0 Å². The van der Waals surface area contributed by atoms with E-state index in [-0.39, 0.29) is 0 Å². The highest BCUT2D eigenvalue weighted by Crippen LogP contribution is 2.22. The Labute approximate surface area is 199 Å². The van der Waals surface area contributed by atoms with Gasteiger partial charge < -0.3 is 75.5 Å². The Kier molecular flexibility index (Phi) is 10.7. The fourth-order valence-corrected chi connectivity index (χ4v) is 2.47. The van der Waals surface area contributed by atoms with Crippen molar-refractivity contribution in [3.05, 3.63) is 34.6 Å². The monoisotopic (exact) mass is 528 g/mol. The van der Waals surface area contributed by atoms with Gasteiger partial charge in [0.15, 0.2) is 35.6 Å². The van der Waals surface area contributed by atoms with Crippen LogP contribution in [0.5, 0.6) is 0 Å². The van der Waals surface area contributed by atoms with Crippen LogP contribution in [0.4, 0.5) is 0 Å². The van der Waals surface area contributed by atoms with E-state index in [1.165, 1.54) is 0 Å². The Balaban J connectivity index is 0.000000270. The number of ether oxygens (including phenoxy) is 3. The zero-order chi connectivity index (χ0) is 27.9. The highest BCUT2D eigenvalue weighted by molar-refractivity contribution is 5.90. The number of cyclic esters (lactones) is 3. The van der Waals surface area contributed by atoms with Crippen molar-refractivity contribution in [3.63, 3.8) is 0 Å². The second kappa shape index (κ2) is 12.8. The van der Waals surface area contributed by atoms with Crippen LogP contribution in [0.3, 0.4) is 0 Å². The van der Waals surface area contributed by atoms with Crippen LogP contribution in [0.1, 0.15) is 0 Å². The first-order valence-electron chi connectivity index (χ1n) is 9.59. The Morgan fingerprint density at radius 1 is 0.500 bits per heavy atom. The van der Waals surface area contributed by atoms with Gasteiger partial charge in [-0.15, -0.1) is 0 Å². The smallest absolute Gasteiger partial charge is 0.377 e. The maximum atomic E-state index is 10.5. The minimum absolute atomic E-state index is 0.671. The van der Waals surface area contributed by atoms with E-state index < -0.39 is 109 Å². The number of carbonyl (C=O) groups excluding carboxylic acids is 3. The lowest BCUT2D eigenvalue weighted by Gasteiger charge is -2.13. The number of carbonyl (C=O) groups is 3. The molecule has 36 heavy (non-hydrogen) atoms. The second-order valence-corrected chi connectivity index (χ2v) is 6.93. The topological polar surface area (TPSA) is 322 Å². The normalized spacial score (nSPS) is 25.8. The van der Waals surface area contributed by atoms with E-state index in [1.54, 1.807) is 0 Å². The first-order valence-corrected chi connectivity index (χ1v) is 9.59. The Morgan fingerprint density at radius 3 is 0.806 bits per heavy atom. The van der Waals surface area contributed by atoms with Gasteiger partial charge in [0.2, 0.25) is 17.3 Å². The molecule has 3 aliphatic heterocycles. The Bertz CT molecular complexity index is 815. The number of rotatable bonds is 6. The quantitative estimate of drug-likeness (QED) is 0.115. The molecule has 204 valence electrons. The fraction of sp³-hybridized carbons (Fsp3) is 0.500. The standard InChI is InChI=1S/3C6H8O6/c3*7-1-2(8)5-3(9)4(10)6(11)12-5/h3*2,5,7-10H,1H2/t3*2-,5+/m000/s1. The summed E-state index contributed by atoms with van der Waals surface area (Å²) >= 11 is 0. The summed E-state index contributed by atoms with van der Waals surface area (Å²) in [6.07, 6.45) is -8.33. The predicted molar refractivity (Wildman–Crippen MR) is 106 cm³/mol. The molecule has 0 radical (unpaired) electrons. The van der Waals surface area contributed by atoms with Crippen molar-refractivity contribution in [1.29, 1.82) is 0 Å². The molecule has 0 aromatic heterocycles. The lowest BCUT2D eigenvalue weighted by Crippen LogP contribution is -2.31. The second-order valence-electron chi connectivity index (χ2n) is 6.93. The maximum Gasteiger partial charge on any atom is 0.377 e. The van der Waals surface area contributed by atoms with Crippen molar-refractivity contribution < 1.29 is 89.9 Å². The van der Waals surface area contributed by atoms with Gasteiger partial charge >= 0.3 is 17.9 Å². The molecule has 0 spiro atoms. The summed E-state index contributed by atoms with van der Waals surface area (Å²) in [4.78, 5) is 31.6. The summed E-state index contributed by atoms with van der Waals surface area (Å²) in [6, 6.07) is 0. The number of esters is 3. The van der Waals surface area contributed by atoms with Crippen LogP contribution in [-0.4, -0.2) is 136 Å². The maximum absolute atomic E-state index is 10.5. The third-order valence-electron chi connectivity index (χ3n) is 4.43. The lowest BCUT2D eigenvalue weighted by atomic mass is 10.2. The molecule has 6 atom stereocenters. The highest BCUT2D eigenvalue weighted by atomic mass is 16.6. The van der Waals surface area contributed by atoms with Crippen LogP contribution in [0, 0.1) is 0 Å². The average molecular weight is 528 g/mol. The van der Waals surface area contributed by atoms with Crippen LogP contribution >= 0.6 is 0 Å². The van der Waals surface area contributed by atoms with Gasteiger partial charge in [-0.25, -0.2) is 14.4 Å².